The van der Waals surface area contributed by atoms with Gasteiger partial charge in [0.25, 0.3) is 5.91 Å². The molecule has 2 saturated heterocycles. The highest BCUT2D eigenvalue weighted by atomic mass is 35.5. The molecule has 3 fully saturated rings. The van der Waals surface area contributed by atoms with Crippen LogP contribution < -0.4 is 11.1 Å². The van der Waals surface area contributed by atoms with Gasteiger partial charge in [-0.15, -0.1) is 12.4 Å². The SMILES string of the molecule is CCC(C)(C)C1CCC2(CC1)NC(=O)N(CC(=O)N1CC(CN)CC1C)C2=O.Cl. The van der Waals surface area contributed by atoms with Crippen molar-refractivity contribution in [3.8, 4) is 0 Å². The van der Waals surface area contributed by atoms with Crippen molar-refractivity contribution in [1.29, 1.82) is 0 Å². The number of carbonyl (C=O) groups is 3. The van der Waals surface area contributed by atoms with Gasteiger partial charge in [0.15, 0.2) is 0 Å². The van der Waals surface area contributed by atoms with Gasteiger partial charge in [0.05, 0.1) is 0 Å². The van der Waals surface area contributed by atoms with Crippen LogP contribution in [0.3, 0.4) is 0 Å². The first kappa shape index (κ1) is 23.9. The molecule has 4 amide bonds. The fraction of sp³-hybridized carbons (Fsp3) is 0.857. The number of urea groups is 1. The van der Waals surface area contributed by atoms with Crippen LogP contribution in [0.4, 0.5) is 4.79 Å². The maximum Gasteiger partial charge on any atom is 0.325 e. The summed E-state index contributed by atoms with van der Waals surface area (Å²) in [5, 5.41) is 2.93. The maximum absolute atomic E-state index is 13.1. The topological polar surface area (TPSA) is 95.7 Å². The van der Waals surface area contributed by atoms with Gasteiger partial charge in [-0.2, -0.15) is 0 Å². The fourth-order valence-electron chi connectivity index (χ4n) is 5.23. The molecule has 3 aliphatic rings. The fourth-order valence-corrected chi connectivity index (χ4v) is 5.23. The highest BCUT2D eigenvalue weighted by molar-refractivity contribution is 6.09. The van der Waals surface area contributed by atoms with Crippen molar-refractivity contribution >= 4 is 30.3 Å². The lowest BCUT2D eigenvalue weighted by Gasteiger charge is -2.42. The lowest BCUT2D eigenvalue weighted by molar-refractivity contribution is -0.140. The second-order valence-electron chi connectivity index (χ2n) is 9.75. The van der Waals surface area contributed by atoms with Crippen LogP contribution in [-0.4, -0.2) is 58.9 Å². The lowest BCUT2D eigenvalue weighted by Crippen LogP contribution is -2.51. The molecule has 3 N–H and O–H groups in total. The van der Waals surface area contributed by atoms with E-state index >= 15 is 0 Å². The number of likely N-dealkylation sites (tertiary alicyclic amines) is 1. The molecule has 2 atom stereocenters. The van der Waals surface area contributed by atoms with Crippen LogP contribution in [-0.2, 0) is 9.59 Å². The van der Waals surface area contributed by atoms with Crippen molar-refractivity contribution in [3.05, 3.63) is 0 Å². The Morgan fingerprint density at radius 2 is 1.90 bits per heavy atom. The number of hydrogen-bond donors (Lipinski definition) is 2. The van der Waals surface area contributed by atoms with Crippen molar-refractivity contribution in [3.63, 3.8) is 0 Å². The molecule has 0 aromatic rings. The first-order chi connectivity index (χ1) is 13.1. The normalized spacial score (nSPS) is 32.5. The second kappa shape index (κ2) is 8.80. The predicted octanol–water partition coefficient (Wildman–Crippen LogP) is 2.52. The third-order valence-corrected chi connectivity index (χ3v) is 7.71. The minimum atomic E-state index is -0.811. The van der Waals surface area contributed by atoms with Crippen LogP contribution in [0.25, 0.3) is 0 Å². The smallest absolute Gasteiger partial charge is 0.325 e. The van der Waals surface area contributed by atoms with Crippen molar-refractivity contribution in [2.45, 2.75) is 77.8 Å². The van der Waals surface area contributed by atoms with E-state index in [0.717, 1.165) is 30.6 Å². The number of imide groups is 1. The second-order valence-corrected chi connectivity index (χ2v) is 9.75. The van der Waals surface area contributed by atoms with E-state index in [-0.39, 0.29) is 42.2 Å². The summed E-state index contributed by atoms with van der Waals surface area (Å²) in [7, 11) is 0. The van der Waals surface area contributed by atoms with Crippen molar-refractivity contribution < 1.29 is 14.4 Å². The van der Waals surface area contributed by atoms with Gasteiger partial charge in [-0.05, 0) is 62.8 Å². The molecule has 0 aromatic carbocycles. The summed E-state index contributed by atoms with van der Waals surface area (Å²) in [5.41, 5.74) is 5.18. The van der Waals surface area contributed by atoms with Gasteiger partial charge < -0.3 is 16.0 Å². The molecular weight excluding hydrogens is 392 g/mol. The van der Waals surface area contributed by atoms with Crippen LogP contribution >= 0.6 is 12.4 Å². The maximum atomic E-state index is 13.1. The van der Waals surface area contributed by atoms with E-state index in [9.17, 15) is 14.4 Å². The van der Waals surface area contributed by atoms with Gasteiger partial charge in [-0.1, -0.05) is 27.2 Å². The Labute approximate surface area is 180 Å². The summed E-state index contributed by atoms with van der Waals surface area (Å²) in [6, 6.07) is -0.323. The zero-order valence-electron chi connectivity index (χ0n) is 18.2. The molecule has 2 aliphatic heterocycles. The molecule has 3 rings (SSSR count). The first-order valence-corrected chi connectivity index (χ1v) is 10.8. The number of hydrogen-bond acceptors (Lipinski definition) is 4. The van der Waals surface area contributed by atoms with Crippen LogP contribution in [0.1, 0.15) is 66.2 Å². The molecule has 0 bridgehead atoms. The summed E-state index contributed by atoms with van der Waals surface area (Å²) < 4.78 is 0. The summed E-state index contributed by atoms with van der Waals surface area (Å²) in [6.45, 7) is 9.75. The number of nitrogens with one attached hydrogen (secondary N) is 1. The molecule has 29 heavy (non-hydrogen) atoms. The molecule has 1 aliphatic carbocycles. The number of nitrogens with zero attached hydrogens (tertiary/aromatic N) is 2. The summed E-state index contributed by atoms with van der Waals surface area (Å²) >= 11 is 0. The molecule has 2 unspecified atom stereocenters. The van der Waals surface area contributed by atoms with Gasteiger partial charge in [-0.3, -0.25) is 14.5 Å². The van der Waals surface area contributed by atoms with Gasteiger partial charge in [0.1, 0.15) is 12.1 Å². The summed E-state index contributed by atoms with van der Waals surface area (Å²) in [6.07, 6.45) is 5.15. The van der Waals surface area contributed by atoms with Crippen molar-refractivity contribution in [2.75, 3.05) is 19.6 Å². The monoisotopic (exact) mass is 428 g/mol. The van der Waals surface area contributed by atoms with E-state index < -0.39 is 11.6 Å². The number of halogens is 1. The Morgan fingerprint density at radius 3 is 2.41 bits per heavy atom. The average Bonchev–Trinajstić information content (AvgIpc) is 3.15. The van der Waals surface area contributed by atoms with Gasteiger partial charge in [-0.25, -0.2) is 4.79 Å². The number of rotatable bonds is 5. The number of nitrogens with two attached hydrogens (primary N) is 1. The molecule has 8 heteroatoms. The highest BCUT2D eigenvalue weighted by Crippen LogP contribution is 2.45. The van der Waals surface area contributed by atoms with Gasteiger partial charge >= 0.3 is 6.03 Å². The largest absolute Gasteiger partial charge is 0.338 e. The molecule has 1 spiro atoms. The molecule has 0 aromatic heterocycles. The minimum Gasteiger partial charge on any atom is -0.338 e. The third-order valence-electron chi connectivity index (χ3n) is 7.71. The molecule has 0 radical (unpaired) electrons. The van der Waals surface area contributed by atoms with Gasteiger partial charge in [0.2, 0.25) is 5.91 Å². The lowest BCUT2D eigenvalue weighted by atomic mass is 9.65. The summed E-state index contributed by atoms with van der Waals surface area (Å²) in [4.78, 5) is 41.3. The van der Waals surface area contributed by atoms with Crippen molar-refractivity contribution in [1.82, 2.24) is 15.1 Å². The molecular formula is C21H37ClN4O3. The van der Waals surface area contributed by atoms with Gasteiger partial charge in [0, 0.05) is 12.6 Å². The zero-order valence-corrected chi connectivity index (χ0v) is 19.0. The standard InChI is InChI=1S/C21H36N4O3.ClH/c1-5-20(3,4)16-6-8-21(9-7-16)18(27)25(19(28)23-21)13-17(26)24-12-15(11-22)10-14(24)2;/h14-16H,5-13,22H2,1-4H3,(H,23,28);1H. The Balaban J connectivity index is 0.00000300. The number of carbonyl (C=O) groups excluding carboxylic acids is 3. The Morgan fingerprint density at radius 1 is 1.28 bits per heavy atom. The van der Waals surface area contributed by atoms with E-state index in [0.29, 0.717) is 37.8 Å². The summed E-state index contributed by atoms with van der Waals surface area (Å²) in [5.74, 6) is 0.471. The van der Waals surface area contributed by atoms with E-state index in [1.807, 2.05) is 6.92 Å². The molecule has 166 valence electrons. The van der Waals surface area contributed by atoms with Crippen LogP contribution in [0.2, 0.25) is 0 Å². The molecule has 1 saturated carbocycles. The highest BCUT2D eigenvalue weighted by Gasteiger charge is 2.54. The van der Waals surface area contributed by atoms with Crippen LogP contribution in [0.15, 0.2) is 0 Å². The van der Waals surface area contributed by atoms with E-state index in [2.05, 4.69) is 26.1 Å². The molecule has 2 heterocycles. The molecule has 7 nitrogen and oxygen atoms in total. The predicted molar refractivity (Wildman–Crippen MR) is 115 cm³/mol. The minimum absolute atomic E-state index is 0. The zero-order chi connectivity index (χ0) is 20.7. The van der Waals surface area contributed by atoms with Crippen LogP contribution in [0.5, 0.6) is 0 Å². The quantitative estimate of drug-likeness (QED) is 0.657. The van der Waals surface area contributed by atoms with Crippen LogP contribution in [0, 0.1) is 17.3 Å². The Bertz CT molecular complexity index is 646. The van der Waals surface area contributed by atoms with E-state index in [1.54, 1.807) is 4.90 Å². The number of amides is 4. The van der Waals surface area contributed by atoms with E-state index in [4.69, 9.17) is 5.73 Å². The third kappa shape index (κ3) is 4.41. The van der Waals surface area contributed by atoms with Crippen molar-refractivity contribution in [2.24, 2.45) is 23.0 Å². The van der Waals surface area contributed by atoms with E-state index in [1.165, 1.54) is 0 Å². The average molecular weight is 429 g/mol. The Hall–Kier alpha value is -1.34. The first-order valence-electron chi connectivity index (χ1n) is 10.8. The Kier molecular flexibility index (Phi) is 7.26.